The second kappa shape index (κ2) is 11.6. The molecule has 1 N–H and O–H groups in total. The zero-order chi connectivity index (χ0) is 12.4. The summed E-state index contributed by atoms with van der Waals surface area (Å²) in [6.07, 6.45) is 2.58. The van der Waals surface area contributed by atoms with Gasteiger partial charge in [0.05, 0.1) is 13.2 Å². The number of esters is 1. The summed E-state index contributed by atoms with van der Waals surface area (Å²) >= 11 is 0. The van der Waals surface area contributed by atoms with Crippen molar-refractivity contribution in [2.45, 2.75) is 33.6 Å². The molecule has 0 radical (unpaired) electrons. The summed E-state index contributed by atoms with van der Waals surface area (Å²) in [6.45, 7) is 5.95. The summed E-state index contributed by atoms with van der Waals surface area (Å²) in [4.78, 5) is 22.5. The molecule has 0 bridgehead atoms. The van der Waals surface area contributed by atoms with E-state index in [0.29, 0.717) is 6.61 Å². The van der Waals surface area contributed by atoms with Gasteiger partial charge in [0.1, 0.15) is 5.70 Å². The first-order valence-electron chi connectivity index (χ1n) is 5.42. The van der Waals surface area contributed by atoms with Gasteiger partial charge in [0.25, 0.3) is 0 Å². The van der Waals surface area contributed by atoms with Gasteiger partial charge in [-0.25, -0.2) is 9.59 Å². The van der Waals surface area contributed by atoms with Crippen molar-refractivity contribution < 1.29 is 38.5 Å². The number of unbranched alkanes of at least 4 members (excludes halogenated alkanes) is 1. The van der Waals surface area contributed by atoms with Crippen LogP contribution in [-0.2, 0) is 33.7 Å². The molecule has 1 amide bonds. The molecule has 0 fully saturated rings. The van der Waals surface area contributed by atoms with Crippen LogP contribution in [0.1, 0.15) is 33.6 Å². The minimum absolute atomic E-state index is 0. The van der Waals surface area contributed by atoms with E-state index < -0.39 is 12.1 Å². The first-order chi connectivity index (χ1) is 7.65. The summed E-state index contributed by atoms with van der Waals surface area (Å²) in [7, 11) is 0. The van der Waals surface area contributed by atoms with Crippen molar-refractivity contribution in [3.05, 3.63) is 11.8 Å². The SMILES string of the molecule is CC=C(NC(=O)OCC)C(=O)OCCCC.[Zn]. The van der Waals surface area contributed by atoms with Crippen LogP contribution >= 0.6 is 0 Å². The van der Waals surface area contributed by atoms with Crippen LogP contribution < -0.4 is 5.32 Å². The smallest absolute Gasteiger partial charge is 0.411 e. The fraction of sp³-hybridized carbons (Fsp3) is 0.636. The molecular formula is C11H19NO4Zn. The second-order valence-corrected chi connectivity index (χ2v) is 3.04. The molecule has 0 rings (SSSR count). The number of carbonyl (C=O) groups excluding carboxylic acids is 2. The van der Waals surface area contributed by atoms with Crippen LogP contribution in [0.5, 0.6) is 0 Å². The summed E-state index contributed by atoms with van der Waals surface area (Å²) in [5, 5.41) is 2.32. The minimum Gasteiger partial charge on any atom is -0.461 e. The van der Waals surface area contributed by atoms with Gasteiger partial charge in [0.2, 0.25) is 0 Å². The molecule has 0 saturated heterocycles. The Bertz CT molecular complexity index is 266. The number of hydrogen-bond donors (Lipinski definition) is 1. The Hall–Kier alpha value is -0.897. The number of amides is 1. The Morgan fingerprint density at radius 1 is 1.24 bits per heavy atom. The summed E-state index contributed by atoms with van der Waals surface area (Å²) in [5.74, 6) is -0.538. The summed E-state index contributed by atoms with van der Waals surface area (Å²) < 4.78 is 9.59. The van der Waals surface area contributed by atoms with E-state index in [-0.39, 0.29) is 31.8 Å². The third-order valence-electron chi connectivity index (χ3n) is 1.75. The van der Waals surface area contributed by atoms with Gasteiger partial charge in [-0.05, 0) is 20.3 Å². The van der Waals surface area contributed by atoms with E-state index in [9.17, 15) is 9.59 Å². The number of rotatable bonds is 6. The van der Waals surface area contributed by atoms with E-state index in [1.807, 2.05) is 6.92 Å². The van der Waals surface area contributed by atoms with Gasteiger partial charge >= 0.3 is 12.1 Å². The van der Waals surface area contributed by atoms with E-state index in [4.69, 9.17) is 4.74 Å². The van der Waals surface area contributed by atoms with Crippen LogP contribution in [0.25, 0.3) is 0 Å². The first kappa shape index (κ1) is 18.5. The van der Waals surface area contributed by atoms with Crippen LogP contribution in [-0.4, -0.2) is 25.3 Å². The fourth-order valence-electron chi connectivity index (χ4n) is 0.905. The Kier molecular flexibility index (Phi) is 12.6. The van der Waals surface area contributed by atoms with Crippen LogP contribution in [0.15, 0.2) is 11.8 Å². The number of nitrogens with one attached hydrogen (secondary N) is 1. The zero-order valence-electron chi connectivity index (χ0n) is 10.7. The van der Waals surface area contributed by atoms with E-state index in [0.717, 1.165) is 12.8 Å². The third-order valence-corrected chi connectivity index (χ3v) is 1.75. The van der Waals surface area contributed by atoms with Crippen molar-refractivity contribution in [3.8, 4) is 0 Å². The van der Waals surface area contributed by atoms with Gasteiger partial charge in [-0.15, -0.1) is 0 Å². The predicted molar refractivity (Wildman–Crippen MR) is 59.8 cm³/mol. The Morgan fingerprint density at radius 3 is 2.35 bits per heavy atom. The number of ether oxygens (including phenoxy) is 2. The second-order valence-electron chi connectivity index (χ2n) is 3.04. The molecule has 0 atom stereocenters. The molecule has 0 aliphatic heterocycles. The molecule has 5 nitrogen and oxygen atoms in total. The van der Waals surface area contributed by atoms with Crippen LogP contribution in [0.3, 0.4) is 0 Å². The molecule has 0 aliphatic carbocycles. The number of alkyl carbamates (subject to hydrolysis) is 1. The molecule has 6 heteroatoms. The topological polar surface area (TPSA) is 64.6 Å². The van der Waals surface area contributed by atoms with Gasteiger partial charge in [0, 0.05) is 19.5 Å². The monoisotopic (exact) mass is 293 g/mol. The maximum Gasteiger partial charge on any atom is 0.411 e. The summed E-state index contributed by atoms with van der Waals surface area (Å²) in [6, 6.07) is 0. The van der Waals surface area contributed by atoms with Crippen molar-refractivity contribution in [3.63, 3.8) is 0 Å². The molecule has 94 valence electrons. The molecule has 0 aromatic heterocycles. The van der Waals surface area contributed by atoms with Crippen molar-refractivity contribution in [2.75, 3.05) is 13.2 Å². The quantitative estimate of drug-likeness (QED) is 0.352. The van der Waals surface area contributed by atoms with Gasteiger partial charge < -0.3 is 9.47 Å². The molecule has 0 unspecified atom stereocenters. The predicted octanol–water partition coefficient (Wildman–Crippen LogP) is 1.98. The number of hydrogen-bond acceptors (Lipinski definition) is 4. The van der Waals surface area contributed by atoms with E-state index >= 15 is 0 Å². The molecule has 0 spiro atoms. The van der Waals surface area contributed by atoms with Crippen LogP contribution in [0.4, 0.5) is 4.79 Å². The van der Waals surface area contributed by atoms with Crippen LogP contribution in [0.2, 0.25) is 0 Å². The Morgan fingerprint density at radius 2 is 1.88 bits per heavy atom. The van der Waals surface area contributed by atoms with Crippen molar-refractivity contribution in [2.24, 2.45) is 0 Å². The maximum absolute atomic E-state index is 11.4. The van der Waals surface area contributed by atoms with Gasteiger partial charge in [-0.1, -0.05) is 19.4 Å². The third kappa shape index (κ3) is 8.86. The molecular weight excluding hydrogens is 276 g/mol. The summed E-state index contributed by atoms with van der Waals surface area (Å²) in [5.41, 5.74) is 0.106. The Balaban J connectivity index is 0. The first-order valence-corrected chi connectivity index (χ1v) is 5.42. The van der Waals surface area contributed by atoms with Gasteiger partial charge in [-0.2, -0.15) is 0 Å². The standard InChI is InChI=1S/C11H19NO4.Zn/c1-4-7-8-16-10(13)9(5-2)12-11(14)15-6-3;/h5H,4,6-8H2,1-3H3,(H,12,14);. The van der Waals surface area contributed by atoms with Crippen molar-refractivity contribution in [1.82, 2.24) is 5.32 Å². The largest absolute Gasteiger partial charge is 0.461 e. The minimum atomic E-state index is -0.650. The number of allylic oxidation sites excluding steroid dienone is 1. The Labute approximate surface area is 115 Å². The van der Waals surface area contributed by atoms with E-state index in [1.54, 1.807) is 13.8 Å². The van der Waals surface area contributed by atoms with Crippen LogP contribution in [0, 0.1) is 0 Å². The zero-order valence-corrected chi connectivity index (χ0v) is 13.7. The van der Waals surface area contributed by atoms with Gasteiger partial charge in [0.15, 0.2) is 0 Å². The van der Waals surface area contributed by atoms with Gasteiger partial charge in [-0.3, -0.25) is 5.32 Å². The van der Waals surface area contributed by atoms with Crippen molar-refractivity contribution >= 4 is 12.1 Å². The number of carbonyl (C=O) groups is 2. The van der Waals surface area contributed by atoms with E-state index in [1.165, 1.54) is 6.08 Å². The average molecular weight is 295 g/mol. The molecule has 0 aromatic carbocycles. The molecule has 0 aliphatic rings. The van der Waals surface area contributed by atoms with Crippen molar-refractivity contribution in [1.29, 1.82) is 0 Å². The average Bonchev–Trinajstić information content (AvgIpc) is 2.26. The molecule has 0 saturated carbocycles. The molecule has 0 heterocycles. The molecule has 17 heavy (non-hydrogen) atoms. The maximum atomic E-state index is 11.4. The fourth-order valence-corrected chi connectivity index (χ4v) is 0.905. The normalized spacial score (nSPS) is 10.2. The van der Waals surface area contributed by atoms with E-state index in [2.05, 4.69) is 10.1 Å². The molecule has 0 aromatic rings.